The summed E-state index contributed by atoms with van der Waals surface area (Å²) in [6, 6.07) is 3.99. The van der Waals surface area contributed by atoms with Gasteiger partial charge in [0, 0.05) is 50.2 Å². The second-order valence-electron chi connectivity index (χ2n) is 7.79. The SMILES string of the molecule is CC(C)=CCN1C(=O)[C@H]2CC[C@@H]1CN(Cc1cnc(-c3ccco3)nc1)C2. The third-order valence-corrected chi connectivity index (χ3v) is 5.42. The van der Waals surface area contributed by atoms with Gasteiger partial charge >= 0.3 is 0 Å². The Bertz CT molecular complexity index is 809. The first-order chi connectivity index (χ1) is 13.1. The third-order valence-electron chi connectivity index (χ3n) is 5.42. The molecule has 2 bridgehead atoms. The molecule has 0 N–H and O–H groups in total. The van der Waals surface area contributed by atoms with Crippen molar-refractivity contribution in [3.8, 4) is 11.6 Å². The predicted octanol–water partition coefficient (Wildman–Crippen LogP) is 3.13. The summed E-state index contributed by atoms with van der Waals surface area (Å²) in [6.45, 7) is 7.41. The molecule has 2 atom stereocenters. The van der Waals surface area contributed by atoms with Gasteiger partial charge in [0.15, 0.2) is 11.6 Å². The molecule has 5 heterocycles. The molecule has 0 aliphatic carbocycles. The van der Waals surface area contributed by atoms with E-state index < -0.39 is 0 Å². The largest absolute Gasteiger partial charge is 0.461 e. The van der Waals surface area contributed by atoms with E-state index in [0.29, 0.717) is 23.5 Å². The number of furan rings is 1. The Balaban J connectivity index is 1.44. The van der Waals surface area contributed by atoms with E-state index in [1.165, 1.54) is 5.57 Å². The Kier molecular flexibility index (Phi) is 5.07. The van der Waals surface area contributed by atoms with Gasteiger partial charge in [0.25, 0.3) is 0 Å². The van der Waals surface area contributed by atoms with Gasteiger partial charge in [-0.05, 0) is 38.8 Å². The Labute approximate surface area is 159 Å². The lowest BCUT2D eigenvalue weighted by molar-refractivity contribution is -0.139. The lowest BCUT2D eigenvalue weighted by Crippen LogP contribution is -2.47. The summed E-state index contributed by atoms with van der Waals surface area (Å²) in [5.41, 5.74) is 2.32. The maximum atomic E-state index is 12.8. The topological polar surface area (TPSA) is 62.5 Å². The van der Waals surface area contributed by atoms with Crippen molar-refractivity contribution in [1.29, 1.82) is 0 Å². The fourth-order valence-corrected chi connectivity index (χ4v) is 4.01. The van der Waals surface area contributed by atoms with Crippen LogP contribution in [0.25, 0.3) is 11.6 Å². The van der Waals surface area contributed by atoms with Crippen molar-refractivity contribution in [3.63, 3.8) is 0 Å². The number of nitrogens with zero attached hydrogens (tertiary/aromatic N) is 4. The number of allylic oxidation sites excluding steroid dienone is 1. The average molecular weight is 366 g/mol. The first-order valence-electron chi connectivity index (χ1n) is 9.61. The van der Waals surface area contributed by atoms with E-state index in [0.717, 1.165) is 44.6 Å². The van der Waals surface area contributed by atoms with Crippen LogP contribution in [0.1, 0.15) is 32.3 Å². The summed E-state index contributed by atoms with van der Waals surface area (Å²) in [4.78, 5) is 26.1. The Hall–Kier alpha value is -2.47. The smallest absolute Gasteiger partial charge is 0.227 e. The van der Waals surface area contributed by atoms with Crippen molar-refractivity contribution in [3.05, 3.63) is 48.0 Å². The normalized spacial score (nSPS) is 22.7. The van der Waals surface area contributed by atoms with Crippen LogP contribution in [0.4, 0.5) is 0 Å². The molecule has 1 amide bonds. The van der Waals surface area contributed by atoms with E-state index in [9.17, 15) is 4.79 Å². The molecule has 2 aromatic heterocycles. The molecule has 0 radical (unpaired) electrons. The van der Waals surface area contributed by atoms with Crippen LogP contribution in [0, 0.1) is 5.92 Å². The van der Waals surface area contributed by atoms with Gasteiger partial charge in [0.1, 0.15) is 0 Å². The highest BCUT2D eigenvalue weighted by Gasteiger charge is 2.40. The molecule has 3 aliphatic rings. The molecule has 0 unspecified atom stereocenters. The van der Waals surface area contributed by atoms with Gasteiger partial charge in [-0.15, -0.1) is 0 Å². The zero-order chi connectivity index (χ0) is 18.8. The van der Waals surface area contributed by atoms with E-state index in [4.69, 9.17) is 4.42 Å². The summed E-state index contributed by atoms with van der Waals surface area (Å²) in [6.07, 6.45) is 9.60. The molecule has 6 nitrogen and oxygen atoms in total. The molecule has 6 heteroatoms. The lowest BCUT2D eigenvalue weighted by atomic mass is 9.94. The fraction of sp³-hybridized carbons (Fsp3) is 0.476. The summed E-state index contributed by atoms with van der Waals surface area (Å²) < 4.78 is 5.34. The molecule has 5 rings (SSSR count). The number of amides is 1. The number of aromatic nitrogens is 2. The zero-order valence-corrected chi connectivity index (χ0v) is 16.0. The number of rotatable bonds is 5. The molecule has 0 spiro atoms. The van der Waals surface area contributed by atoms with Gasteiger partial charge in [-0.25, -0.2) is 9.97 Å². The Morgan fingerprint density at radius 1 is 1.26 bits per heavy atom. The first kappa shape index (κ1) is 17.9. The maximum Gasteiger partial charge on any atom is 0.227 e. The van der Waals surface area contributed by atoms with E-state index in [1.807, 2.05) is 24.5 Å². The van der Waals surface area contributed by atoms with Crippen LogP contribution in [0.15, 0.2) is 46.9 Å². The van der Waals surface area contributed by atoms with Crippen molar-refractivity contribution < 1.29 is 9.21 Å². The van der Waals surface area contributed by atoms with Crippen molar-refractivity contribution in [1.82, 2.24) is 19.8 Å². The highest BCUT2D eigenvalue weighted by atomic mass is 16.3. The van der Waals surface area contributed by atoms with Gasteiger partial charge < -0.3 is 9.32 Å². The Morgan fingerprint density at radius 3 is 2.78 bits per heavy atom. The molecule has 2 aromatic rings. The minimum atomic E-state index is 0.109. The number of fused-ring (bicyclic) bond motifs is 4. The fourth-order valence-electron chi connectivity index (χ4n) is 4.01. The van der Waals surface area contributed by atoms with Gasteiger partial charge in [-0.2, -0.15) is 0 Å². The van der Waals surface area contributed by atoms with Crippen LogP contribution in [0.2, 0.25) is 0 Å². The van der Waals surface area contributed by atoms with Crippen LogP contribution in [-0.4, -0.2) is 51.4 Å². The van der Waals surface area contributed by atoms with Gasteiger partial charge in [0.2, 0.25) is 5.91 Å². The first-order valence-corrected chi connectivity index (χ1v) is 9.61. The van der Waals surface area contributed by atoms with Crippen LogP contribution in [0.5, 0.6) is 0 Å². The number of carbonyl (C=O) groups excluding carboxylic acids is 1. The summed E-state index contributed by atoms with van der Waals surface area (Å²) in [5, 5.41) is 0. The monoisotopic (exact) mass is 366 g/mol. The zero-order valence-electron chi connectivity index (χ0n) is 16.0. The molecule has 142 valence electrons. The van der Waals surface area contributed by atoms with E-state index in [2.05, 4.69) is 39.7 Å². The van der Waals surface area contributed by atoms with Crippen LogP contribution < -0.4 is 0 Å². The standard InChI is InChI=1S/C21H26N4O2/c1-15(2)7-8-25-18-6-5-17(21(25)26)13-24(14-18)12-16-10-22-20(23-11-16)19-4-3-9-27-19/h3-4,7,9-11,17-18H,5-6,8,12-14H2,1-2H3/t17-,18+/m0/s1. The van der Waals surface area contributed by atoms with Crippen LogP contribution >= 0.6 is 0 Å². The second kappa shape index (κ2) is 7.64. The van der Waals surface area contributed by atoms with Crippen LogP contribution in [0.3, 0.4) is 0 Å². The summed E-state index contributed by atoms with van der Waals surface area (Å²) in [5.74, 6) is 1.70. The number of carbonyl (C=O) groups is 1. The minimum Gasteiger partial charge on any atom is -0.461 e. The lowest BCUT2D eigenvalue weighted by Gasteiger charge is -2.35. The van der Waals surface area contributed by atoms with E-state index in [1.54, 1.807) is 6.26 Å². The molecule has 3 saturated heterocycles. The van der Waals surface area contributed by atoms with Gasteiger partial charge in [-0.3, -0.25) is 9.69 Å². The van der Waals surface area contributed by atoms with Crippen LogP contribution in [-0.2, 0) is 11.3 Å². The number of hydrogen-bond donors (Lipinski definition) is 0. The van der Waals surface area contributed by atoms with Gasteiger partial charge in [0.05, 0.1) is 12.2 Å². The van der Waals surface area contributed by atoms with Crippen molar-refractivity contribution in [2.45, 2.75) is 39.3 Å². The molecule has 0 aromatic carbocycles. The average Bonchev–Trinajstić information content (AvgIpc) is 3.07. The molecule has 27 heavy (non-hydrogen) atoms. The molecule has 3 fully saturated rings. The molecule has 0 saturated carbocycles. The second-order valence-corrected chi connectivity index (χ2v) is 7.79. The van der Waals surface area contributed by atoms with Crippen molar-refractivity contribution >= 4 is 5.91 Å². The highest BCUT2D eigenvalue weighted by molar-refractivity contribution is 5.80. The minimum absolute atomic E-state index is 0.109. The highest BCUT2D eigenvalue weighted by Crippen LogP contribution is 2.30. The predicted molar refractivity (Wildman–Crippen MR) is 103 cm³/mol. The molecular formula is C21H26N4O2. The molecular weight excluding hydrogens is 340 g/mol. The number of hydrogen-bond acceptors (Lipinski definition) is 5. The van der Waals surface area contributed by atoms with Crippen molar-refractivity contribution in [2.75, 3.05) is 19.6 Å². The van der Waals surface area contributed by atoms with E-state index in [-0.39, 0.29) is 5.92 Å². The van der Waals surface area contributed by atoms with Crippen molar-refractivity contribution in [2.24, 2.45) is 5.92 Å². The summed E-state index contributed by atoms with van der Waals surface area (Å²) in [7, 11) is 0. The molecule has 3 aliphatic heterocycles. The summed E-state index contributed by atoms with van der Waals surface area (Å²) >= 11 is 0. The van der Waals surface area contributed by atoms with E-state index >= 15 is 0 Å². The Morgan fingerprint density at radius 2 is 2.07 bits per heavy atom. The maximum absolute atomic E-state index is 12.8. The third kappa shape index (κ3) is 3.95. The quantitative estimate of drug-likeness (QED) is 0.761. The van der Waals surface area contributed by atoms with Gasteiger partial charge in [-0.1, -0.05) is 11.6 Å². The number of piperidine rings is 1.